The summed E-state index contributed by atoms with van der Waals surface area (Å²) in [6.07, 6.45) is 4.40. The van der Waals surface area contributed by atoms with Gasteiger partial charge in [-0.1, -0.05) is 43.2 Å². The molecule has 1 N–H and O–H groups in total. The molecule has 0 fully saturated rings. The Kier molecular flexibility index (Phi) is 6.15. The molecule has 0 unspecified atom stereocenters. The van der Waals surface area contributed by atoms with E-state index in [4.69, 9.17) is 0 Å². The molecule has 1 heterocycles. The molecular formula is C19H25N3O. The third-order valence-corrected chi connectivity index (χ3v) is 3.72. The van der Waals surface area contributed by atoms with Gasteiger partial charge in [-0.25, -0.2) is 4.98 Å². The van der Waals surface area contributed by atoms with Crippen molar-refractivity contribution >= 4 is 17.4 Å². The SMILES string of the molecule is CCCCN(C)c1ccc(NC(=O)Cc2cccc(C)c2)cn1. The summed E-state index contributed by atoms with van der Waals surface area (Å²) in [7, 11) is 2.04. The van der Waals surface area contributed by atoms with E-state index in [9.17, 15) is 4.79 Å². The van der Waals surface area contributed by atoms with E-state index in [1.165, 1.54) is 0 Å². The Morgan fingerprint density at radius 3 is 2.74 bits per heavy atom. The first kappa shape index (κ1) is 17.0. The number of hydrogen-bond donors (Lipinski definition) is 1. The lowest BCUT2D eigenvalue weighted by Crippen LogP contribution is -2.20. The molecule has 1 aromatic carbocycles. The molecule has 0 radical (unpaired) electrons. The van der Waals surface area contributed by atoms with Gasteiger partial charge < -0.3 is 10.2 Å². The van der Waals surface area contributed by atoms with Gasteiger partial charge in [0.2, 0.25) is 5.91 Å². The number of hydrogen-bond acceptors (Lipinski definition) is 3. The van der Waals surface area contributed by atoms with Crippen molar-refractivity contribution in [1.29, 1.82) is 0 Å². The van der Waals surface area contributed by atoms with Gasteiger partial charge in [0.05, 0.1) is 18.3 Å². The minimum Gasteiger partial charge on any atom is -0.360 e. The van der Waals surface area contributed by atoms with E-state index in [1.807, 2.05) is 50.4 Å². The quantitative estimate of drug-likeness (QED) is 0.846. The number of nitrogens with zero attached hydrogens (tertiary/aromatic N) is 2. The molecule has 0 aliphatic rings. The Morgan fingerprint density at radius 2 is 2.09 bits per heavy atom. The first-order valence-corrected chi connectivity index (χ1v) is 8.11. The number of benzene rings is 1. The fraction of sp³-hybridized carbons (Fsp3) is 0.368. The van der Waals surface area contributed by atoms with Crippen LogP contribution >= 0.6 is 0 Å². The van der Waals surface area contributed by atoms with Crippen molar-refractivity contribution < 1.29 is 4.79 Å². The van der Waals surface area contributed by atoms with Gasteiger partial charge in [-0.2, -0.15) is 0 Å². The molecule has 0 saturated heterocycles. The minimum absolute atomic E-state index is 0.0236. The lowest BCUT2D eigenvalue weighted by molar-refractivity contribution is -0.115. The van der Waals surface area contributed by atoms with E-state index in [1.54, 1.807) is 6.20 Å². The summed E-state index contributed by atoms with van der Waals surface area (Å²) in [6.45, 7) is 5.19. The Bertz CT molecular complexity index is 637. The van der Waals surface area contributed by atoms with E-state index in [0.717, 1.165) is 42.0 Å². The average Bonchev–Trinajstić information content (AvgIpc) is 2.53. The molecule has 4 nitrogen and oxygen atoms in total. The van der Waals surface area contributed by atoms with E-state index >= 15 is 0 Å². The third-order valence-electron chi connectivity index (χ3n) is 3.72. The molecule has 2 rings (SSSR count). The largest absolute Gasteiger partial charge is 0.360 e. The molecular weight excluding hydrogens is 286 g/mol. The van der Waals surface area contributed by atoms with Crippen LogP contribution in [0.2, 0.25) is 0 Å². The molecule has 1 aromatic heterocycles. The highest BCUT2D eigenvalue weighted by molar-refractivity contribution is 5.92. The van der Waals surface area contributed by atoms with Crippen LogP contribution in [0, 0.1) is 6.92 Å². The van der Waals surface area contributed by atoms with Gasteiger partial charge in [-0.3, -0.25) is 4.79 Å². The zero-order valence-electron chi connectivity index (χ0n) is 14.2. The van der Waals surface area contributed by atoms with Crippen molar-refractivity contribution in [2.45, 2.75) is 33.1 Å². The van der Waals surface area contributed by atoms with Crippen molar-refractivity contribution in [3.8, 4) is 0 Å². The van der Waals surface area contributed by atoms with Gasteiger partial charge in [-0.05, 0) is 31.0 Å². The van der Waals surface area contributed by atoms with Crippen molar-refractivity contribution in [2.24, 2.45) is 0 Å². The van der Waals surface area contributed by atoms with Crippen LogP contribution in [0.25, 0.3) is 0 Å². The molecule has 0 aliphatic carbocycles. The normalized spacial score (nSPS) is 10.4. The molecule has 23 heavy (non-hydrogen) atoms. The van der Waals surface area contributed by atoms with Crippen LogP contribution in [0.4, 0.5) is 11.5 Å². The second-order valence-electron chi connectivity index (χ2n) is 5.89. The van der Waals surface area contributed by atoms with Crippen LogP contribution in [0.3, 0.4) is 0 Å². The summed E-state index contributed by atoms with van der Waals surface area (Å²) in [5.41, 5.74) is 2.91. The molecule has 0 atom stereocenters. The highest BCUT2D eigenvalue weighted by Crippen LogP contribution is 2.14. The van der Waals surface area contributed by atoms with Crippen molar-refractivity contribution in [3.63, 3.8) is 0 Å². The van der Waals surface area contributed by atoms with Crippen LogP contribution in [0.15, 0.2) is 42.6 Å². The second kappa shape index (κ2) is 8.32. The summed E-state index contributed by atoms with van der Waals surface area (Å²) in [6, 6.07) is 11.8. The van der Waals surface area contributed by atoms with E-state index in [2.05, 4.69) is 22.1 Å². The number of aryl methyl sites for hydroxylation is 1. The standard InChI is InChI=1S/C19H25N3O/c1-4-5-11-22(3)18-10-9-17(14-20-18)21-19(23)13-16-8-6-7-15(2)12-16/h6-10,12,14H,4-5,11,13H2,1-3H3,(H,21,23). The fourth-order valence-corrected chi connectivity index (χ4v) is 2.41. The van der Waals surface area contributed by atoms with Crippen molar-refractivity contribution in [1.82, 2.24) is 4.98 Å². The van der Waals surface area contributed by atoms with Gasteiger partial charge in [0, 0.05) is 13.6 Å². The number of amides is 1. The third kappa shape index (κ3) is 5.40. The molecule has 4 heteroatoms. The summed E-state index contributed by atoms with van der Waals surface area (Å²) in [4.78, 5) is 18.6. The number of pyridine rings is 1. The number of anilines is 2. The number of aromatic nitrogens is 1. The van der Waals surface area contributed by atoms with Crippen LogP contribution in [-0.4, -0.2) is 24.5 Å². The van der Waals surface area contributed by atoms with Crippen LogP contribution < -0.4 is 10.2 Å². The smallest absolute Gasteiger partial charge is 0.228 e. The van der Waals surface area contributed by atoms with E-state index < -0.39 is 0 Å². The monoisotopic (exact) mass is 311 g/mol. The van der Waals surface area contributed by atoms with Crippen molar-refractivity contribution in [3.05, 3.63) is 53.7 Å². The number of nitrogens with one attached hydrogen (secondary N) is 1. The number of carbonyl (C=O) groups is 1. The van der Waals surface area contributed by atoms with Gasteiger partial charge in [0.25, 0.3) is 0 Å². The zero-order chi connectivity index (χ0) is 16.7. The van der Waals surface area contributed by atoms with Crippen molar-refractivity contribution in [2.75, 3.05) is 23.8 Å². The van der Waals surface area contributed by atoms with Crippen LogP contribution in [-0.2, 0) is 11.2 Å². The Morgan fingerprint density at radius 1 is 1.26 bits per heavy atom. The van der Waals surface area contributed by atoms with Gasteiger partial charge >= 0.3 is 0 Å². The topological polar surface area (TPSA) is 45.2 Å². The fourth-order valence-electron chi connectivity index (χ4n) is 2.41. The summed E-state index contributed by atoms with van der Waals surface area (Å²) in [5, 5.41) is 2.90. The van der Waals surface area contributed by atoms with Gasteiger partial charge in [0.1, 0.15) is 5.82 Å². The van der Waals surface area contributed by atoms with Crippen LogP contribution in [0.1, 0.15) is 30.9 Å². The van der Waals surface area contributed by atoms with E-state index in [-0.39, 0.29) is 5.91 Å². The predicted octanol–water partition coefficient (Wildman–Crippen LogP) is 3.81. The second-order valence-corrected chi connectivity index (χ2v) is 5.89. The Hall–Kier alpha value is -2.36. The summed E-state index contributed by atoms with van der Waals surface area (Å²) < 4.78 is 0. The Balaban J connectivity index is 1.91. The lowest BCUT2D eigenvalue weighted by Gasteiger charge is -2.17. The Labute approximate surface area is 138 Å². The zero-order valence-corrected chi connectivity index (χ0v) is 14.2. The van der Waals surface area contributed by atoms with Gasteiger partial charge in [0.15, 0.2) is 0 Å². The molecule has 0 aliphatic heterocycles. The first-order chi connectivity index (χ1) is 11.1. The highest BCUT2D eigenvalue weighted by atomic mass is 16.1. The average molecular weight is 311 g/mol. The van der Waals surface area contributed by atoms with Crippen LogP contribution in [0.5, 0.6) is 0 Å². The molecule has 0 spiro atoms. The summed E-state index contributed by atoms with van der Waals surface area (Å²) >= 11 is 0. The molecule has 2 aromatic rings. The van der Waals surface area contributed by atoms with Gasteiger partial charge in [-0.15, -0.1) is 0 Å². The summed E-state index contributed by atoms with van der Waals surface area (Å²) in [5.74, 6) is 0.902. The number of unbranched alkanes of at least 4 members (excludes halogenated alkanes) is 1. The van der Waals surface area contributed by atoms with E-state index in [0.29, 0.717) is 6.42 Å². The molecule has 122 valence electrons. The molecule has 1 amide bonds. The number of rotatable bonds is 7. The lowest BCUT2D eigenvalue weighted by atomic mass is 10.1. The highest BCUT2D eigenvalue weighted by Gasteiger charge is 2.06. The number of carbonyl (C=O) groups excluding carboxylic acids is 1. The molecule has 0 saturated carbocycles. The minimum atomic E-state index is -0.0236. The maximum atomic E-state index is 12.1. The molecule has 0 bridgehead atoms. The predicted molar refractivity (Wildman–Crippen MR) is 95.9 cm³/mol. The first-order valence-electron chi connectivity index (χ1n) is 8.11. The maximum absolute atomic E-state index is 12.1. The maximum Gasteiger partial charge on any atom is 0.228 e.